The van der Waals surface area contributed by atoms with Gasteiger partial charge >= 0.3 is 5.97 Å². The smallest absolute Gasteiger partial charge is 0.310 e. The Morgan fingerprint density at radius 3 is 2.88 bits per heavy atom. The zero-order valence-corrected chi connectivity index (χ0v) is 13.6. The zero-order valence-electron chi connectivity index (χ0n) is 13.6. The summed E-state index contributed by atoms with van der Waals surface area (Å²) < 4.78 is 10.4. The quantitative estimate of drug-likeness (QED) is 0.807. The summed E-state index contributed by atoms with van der Waals surface area (Å²) in [6.45, 7) is 3.12. The largest absolute Gasteiger partial charge is 0.466 e. The molecule has 1 aromatic heterocycles. The molecule has 24 heavy (non-hydrogen) atoms. The molecule has 0 radical (unpaired) electrons. The third kappa shape index (κ3) is 3.48. The van der Waals surface area contributed by atoms with E-state index < -0.39 is 0 Å². The van der Waals surface area contributed by atoms with Gasteiger partial charge in [-0.2, -0.15) is 0 Å². The van der Waals surface area contributed by atoms with Gasteiger partial charge in [-0.05, 0) is 19.8 Å². The van der Waals surface area contributed by atoms with Crippen molar-refractivity contribution < 1.29 is 18.8 Å². The van der Waals surface area contributed by atoms with Gasteiger partial charge in [0.25, 0.3) is 5.91 Å². The molecule has 0 bridgehead atoms. The lowest BCUT2D eigenvalue weighted by Gasteiger charge is -2.30. The number of hydrogen-bond acceptors (Lipinski definition) is 5. The number of benzene rings is 1. The third-order valence-corrected chi connectivity index (χ3v) is 4.12. The van der Waals surface area contributed by atoms with Gasteiger partial charge in [-0.15, -0.1) is 0 Å². The molecule has 6 heteroatoms. The molecule has 0 saturated carbocycles. The van der Waals surface area contributed by atoms with Gasteiger partial charge in [-0.1, -0.05) is 35.5 Å². The minimum atomic E-state index is -0.261. The summed E-state index contributed by atoms with van der Waals surface area (Å²) in [5.41, 5.74) is 1.13. The Kier molecular flexibility index (Phi) is 4.93. The Morgan fingerprint density at radius 1 is 1.33 bits per heavy atom. The summed E-state index contributed by atoms with van der Waals surface area (Å²) in [7, 11) is 0. The number of nitrogens with zero attached hydrogens (tertiary/aromatic N) is 2. The highest BCUT2D eigenvalue weighted by atomic mass is 16.5. The number of amides is 1. The predicted octanol–water partition coefficient (Wildman–Crippen LogP) is 2.76. The molecular weight excluding hydrogens is 308 g/mol. The molecule has 0 unspecified atom stereocenters. The molecule has 3 rings (SSSR count). The fraction of sp³-hybridized carbons (Fsp3) is 0.389. The van der Waals surface area contributed by atoms with Crippen molar-refractivity contribution >= 4 is 11.9 Å². The highest BCUT2D eigenvalue weighted by Crippen LogP contribution is 2.23. The first-order valence-corrected chi connectivity index (χ1v) is 8.17. The van der Waals surface area contributed by atoms with Crippen LogP contribution in [0.25, 0.3) is 11.3 Å². The van der Waals surface area contributed by atoms with Crippen LogP contribution in [0.15, 0.2) is 40.9 Å². The van der Waals surface area contributed by atoms with E-state index in [0.29, 0.717) is 25.5 Å². The van der Waals surface area contributed by atoms with Crippen LogP contribution in [0.5, 0.6) is 0 Å². The normalized spacial score (nSPS) is 17.5. The molecule has 0 aliphatic carbocycles. The molecule has 1 atom stereocenters. The Morgan fingerprint density at radius 2 is 2.12 bits per heavy atom. The number of rotatable bonds is 4. The van der Waals surface area contributed by atoms with Gasteiger partial charge in [-0.25, -0.2) is 0 Å². The molecule has 126 valence electrons. The van der Waals surface area contributed by atoms with Gasteiger partial charge in [-0.3, -0.25) is 9.59 Å². The molecular formula is C18H20N2O4. The average molecular weight is 328 g/mol. The lowest BCUT2D eigenvalue weighted by molar-refractivity contribution is -0.149. The molecule has 2 aromatic rings. The molecule has 2 heterocycles. The first-order valence-electron chi connectivity index (χ1n) is 8.17. The maximum Gasteiger partial charge on any atom is 0.310 e. The van der Waals surface area contributed by atoms with Crippen molar-refractivity contribution in [2.75, 3.05) is 19.7 Å². The van der Waals surface area contributed by atoms with Crippen LogP contribution in [0.4, 0.5) is 0 Å². The number of likely N-dealkylation sites (tertiary alicyclic amines) is 1. The van der Waals surface area contributed by atoms with Crippen LogP contribution in [0.1, 0.15) is 30.3 Å². The van der Waals surface area contributed by atoms with Crippen molar-refractivity contribution in [1.29, 1.82) is 0 Å². The SMILES string of the molecule is CCOC(=O)[C@@H]1CCCN(C(=O)c2cc(-c3ccccc3)on2)C1. The lowest BCUT2D eigenvalue weighted by Crippen LogP contribution is -2.42. The van der Waals surface area contributed by atoms with Gasteiger partial charge in [0, 0.05) is 24.7 Å². The average Bonchev–Trinajstić information content (AvgIpc) is 3.12. The maximum absolute atomic E-state index is 12.6. The highest BCUT2D eigenvalue weighted by Gasteiger charge is 2.31. The van der Waals surface area contributed by atoms with Crippen molar-refractivity contribution in [3.8, 4) is 11.3 Å². The standard InChI is InChI=1S/C18H20N2O4/c1-2-23-18(22)14-9-6-10-20(12-14)17(21)15-11-16(24-19-15)13-7-4-3-5-8-13/h3-5,7-8,11,14H,2,6,9-10,12H2,1H3/t14-/m1/s1. The highest BCUT2D eigenvalue weighted by molar-refractivity contribution is 5.93. The minimum absolute atomic E-state index is 0.213. The number of hydrogen-bond donors (Lipinski definition) is 0. The number of aromatic nitrogens is 1. The van der Waals surface area contributed by atoms with Crippen LogP contribution in [-0.4, -0.2) is 41.6 Å². The Balaban J connectivity index is 1.70. The fourth-order valence-corrected chi connectivity index (χ4v) is 2.89. The Hall–Kier alpha value is -2.63. The van der Waals surface area contributed by atoms with Gasteiger partial charge in [0.2, 0.25) is 0 Å². The van der Waals surface area contributed by atoms with E-state index in [1.807, 2.05) is 30.3 Å². The molecule has 1 aliphatic heterocycles. The molecule has 1 fully saturated rings. The molecule has 6 nitrogen and oxygen atoms in total. The first-order chi connectivity index (χ1) is 11.7. The van der Waals surface area contributed by atoms with Gasteiger partial charge in [0.1, 0.15) is 0 Å². The predicted molar refractivity (Wildman–Crippen MR) is 87.2 cm³/mol. The molecule has 1 aliphatic rings. The van der Waals surface area contributed by atoms with E-state index in [1.165, 1.54) is 0 Å². The molecule has 1 saturated heterocycles. The summed E-state index contributed by atoms with van der Waals surface area (Å²) in [5.74, 6) is -0.156. The summed E-state index contributed by atoms with van der Waals surface area (Å²) in [4.78, 5) is 26.2. The van der Waals surface area contributed by atoms with Crippen LogP contribution < -0.4 is 0 Å². The van der Waals surface area contributed by atoms with Gasteiger partial charge in [0.05, 0.1) is 12.5 Å². The van der Waals surface area contributed by atoms with Crippen LogP contribution in [0.3, 0.4) is 0 Å². The number of piperidine rings is 1. The second-order valence-corrected chi connectivity index (χ2v) is 5.78. The van der Waals surface area contributed by atoms with Crippen LogP contribution in [0.2, 0.25) is 0 Å². The number of carbonyl (C=O) groups is 2. The van der Waals surface area contributed by atoms with E-state index in [9.17, 15) is 9.59 Å². The monoisotopic (exact) mass is 328 g/mol. The zero-order chi connectivity index (χ0) is 16.9. The van der Waals surface area contributed by atoms with E-state index in [4.69, 9.17) is 9.26 Å². The Labute approximate surface area is 140 Å². The number of esters is 1. The van der Waals surface area contributed by atoms with Gasteiger partial charge in [0.15, 0.2) is 11.5 Å². The van der Waals surface area contributed by atoms with E-state index in [2.05, 4.69) is 5.16 Å². The van der Waals surface area contributed by atoms with E-state index >= 15 is 0 Å². The number of carbonyl (C=O) groups excluding carboxylic acids is 2. The van der Waals surface area contributed by atoms with Crippen molar-refractivity contribution in [2.45, 2.75) is 19.8 Å². The van der Waals surface area contributed by atoms with Crippen LogP contribution in [-0.2, 0) is 9.53 Å². The maximum atomic E-state index is 12.6. The second kappa shape index (κ2) is 7.29. The third-order valence-electron chi connectivity index (χ3n) is 4.12. The van der Waals surface area contributed by atoms with E-state index in [-0.39, 0.29) is 23.5 Å². The fourth-order valence-electron chi connectivity index (χ4n) is 2.89. The topological polar surface area (TPSA) is 72.6 Å². The summed E-state index contributed by atoms with van der Waals surface area (Å²) in [6.07, 6.45) is 1.52. The van der Waals surface area contributed by atoms with Crippen molar-refractivity contribution in [1.82, 2.24) is 10.1 Å². The van der Waals surface area contributed by atoms with Crippen molar-refractivity contribution in [3.05, 3.63) is 42.1 Å². The first kappa shape index (κ1) is 16.2. The van der Waals surface area contributed by atoms with E-state index in [0.717, 1.165) is 18.4 Å². The molecule has 1 amide bonds. The summed E-state index contributed by atoms with van der Waals surface area (Å²) in [5, 5.41) is 3.89. The van der Waals surface area contributed by atoms with Crippen LogP contribution in [0, 0.1) is 5.92 Å². The molecule has 0 N–H and O–H groups in total. The molecule has 1 aromatic carbocycles. The Bertz CT molecular complexity index is 711. The second-order valence-electron chi connectivity index (χ2n) is 5.78. The summed E-state index contributed by atoms with van der Waals surface area (Å²) >= 11 is 0. The lowest BCUT2D eigenvalue weighted by atomic mass is 9.98. The number of ether oxygens (including phenoxy) is 1. The van der Waals surface area contributed by atoms with Crippen LogP contribution >= 0.6 is 0 Å². The minimum Gasteiger partial charge on any atom is -0.466 e. The molecule has 0 spiro atoms. The van der Waals surface area contributed by atoms with Gasteiger partial charge < -0.3 is 14.2 Å². The van der Waals surface area contributed by atoms with E-state index in [1.54, 1.807) is 17.9 Å². The van der Waals surface area contributed by atoms with Crippen molar-refractivity contribution in [3.63, 3.8) is 0 Å². The summed E-state index contributed by atoms with van der Waals surface area (Å²) in [6, 6.07) is 11.1. The van der Waals surface area contributed by atoms with Crippen molar-refractivity contribution in [2.24, 2.45) is 5.92 Å².